The van der Waals surface area contributed by atoms with Crippen molar-refractivity contribution in [1.29, 1.82) is 0 Å². The molecule has 182 valence electrons. The number of hydrogen-bond acceptors (Lipinski definition) is 9. The number of carboxylic acid groups (broad SMARTS) is 2. The lowest BCUT2D eigenvalue weighted by molar-refractivity contribution is -0.147. The van der Waals surface area contributed by atoms with E-state index in [0.29, 0.717) is 19.4 Å². The lowest BCUT2D eigenvalue weighted by Gasteiger charge is -2.24. The van der Waals surface area contributed by atoms with Crippen molar-refractivity contribution in [1.82, 2.24) is 16.0 Å². The zero-order valence-corrected chi connectivity index (χ0v) is 17.3. The van der Waals surface area contributed by atoms with Crippen LogP contribution < -0.4 is 33.2 Å². The Labute approximate surface area is 183 Å². The fourth-order valence-corrected chi connectivity index (χ4v) is 2.45. The average molecular weight is 462 g/mol. The summed E-state index contributed by atoms with van der Waals surface area (Å²) in [5, 5.41) is 33.2. The van der Waals surface area contributed by atoms with Crippen LogP contribution in [0.4, 0.5) is 0 Å². The summed E-state index contributed by atoms with van der Waals surface area (Å²) in [6.45, 7) is -0.374. The molecule has 0 fully saturated rings. The number of carboxylic acids is 2. The molecule has 0 aromatic rings. The third kappa shape index (κ3) is 11.2. The fourth-order valence-electron chi connectivity index (χ4n) is 2.45. The number of hydrogen-bond donors (Lipinski definition) is 9. The van der Waals surface area contributed by atoms with E-state index < -0.39 is 79.2 Å². The van der Waals surface area contributed by atoms with E-state index in [1.807, 2.05) is 5.32 Å². The Bertz CT molecular complexity index is 702. The topological polar surface area (TPSA) is 277 Å². The molecule has 0 bridgehead atoms. The van der Waals surface area contributed by atoms with Crippen molar-refractivity contribution in [2.24, 2.45) is 17.2 Å². The summed E-state index contributed by atoms with van der Waals surface area (Å²) < 4.78 is 0. The molecule has 4 atom stereocenters. The van der Waals surface area contributed by atoms with E-state index >= 15 is 0 Å². The van der Waals surface area contributed by atoms with Gasteiger partial charge in [0.05, 0.1) is 19.4 Å². The molecule has 12 N–H and O–H groups in total. The van der Waals surface area contributed by atoms with Gasteiger partial charge in [0.25, 0.3) is 0 Å². The lowest BCUT2D eigenvalue weighted by atomic mass is 10.1. The number of amides is 4. The fraction of sp³-hybridized carbons (Fsp3) is 0.647. The van der Waals surface area contributed by atoms with E-state index in [-0.39, 0.29) is 6.42 Å². The number of nitrogens with one attached hydrogen (secondary N) is 3. The van der Waals surface area contributed by atoms with Crippen molar-refractivity contribution < 1.29 is 44.1 Å². The molecule has 15 nitrogen and oxygen atoms in total. The molecule has 0 spiro atoms. The summed E-state index contributed by atoms with van der Waals surface area (Å²) >= 11 is 0. The molecular formula is C17H30N6O9. The third-order valence-electron chi connectivity index (χ3n) is 4.14. The first kappa shape index (κ1) is 28.7. The molecule has 0 heterocycles. The van der Waals surface area contributed by atoms with Crippen LogP contribution in [-0.2, 0) is 28.8 Å². The molecule has 0 aromatic heterocycles. The van der Waals surface area contributed by atoms with Crippen molar-refractivity contribution in [3.63, 3.8) is 0 Å². The van der Waals surface area contributed by atoms with Gasteiger partial charge >= 0.3 is 11.9 Å². The first-order valence-electron chi connectivity index (χ1n) is 9.63. The number of carbonyl (C=O) groups is 6. The van der Waals surface area contributed by atoms with Crippen LogP contribution in [-0.4, -0.2) is 88.2 Å². The minimum atomic E-state index is -1.82. The SMILES string of the molecule is NCCCCC(NC(=O)C(N)CO)C(=O)NC(CC(N)=O)C(=O)NC(CC(=O)O)C(=O)O. The summed E-state index contributed by atoms with van der Waals surface area (Å²) in [4.78, 5) is 70.3. The molecule has 0 saturated heterocycles. The summed E-state index contributed by atoms with van der Waals surface area (Å²) in [6.07, 6.45) is -0.692. The van der Waals surface area contributed by atoms with Crippen LogP contribution in [0.2, 0.25) is 0 Å². The van der Waals surface area contributed by atoms with Crippen LogP contribution in [0, 0.1) is 0 Å². The van der Waals surface area contributed by atoms with Gasteiger partial charge in [-0.25, -0.2) is 4.79 Å². The second-order valence-corrected chi connectivity index (χ2v) is 6.86. The number of rotatable bonds is 16. The zero-order chi connectivity index (χ0) is 24.8. The summed E-state index contributed by atoms with van der Waals surface area (Å²) in [6, 6.07) is -5.99. The minimum Gasteiger partial charge on any atom is -0.481 e. The summed E-state index contributed by atoms with van der Waals surface area (Å²) in [5.41, 5.74) is 15.9. The molecule has 0 saturated carbocycles. The van der Waals surface area contributed by atoms with Crippen molar-refractivity contribution in [3.8, 4) is 0 Å². The number of aliphatic hydroxyl groups is 1. The van der Waals surface area contributed by atoms with Gasteiger partial charge in [-0.15, -0.1) is 0 Å². The molecule has 32 heavy (non-hydrogen) atoms. The van der Waals surface area contributed by atoms with Gasteiger partial charge < -0.3 is 48.5 Å². The Hall–Kier alpha value is -3.30. The molecule has 4 amide bonds. The lowest BCUT2D eigenvalue weighted by Crippen LogP contribution is -2.58. The highest BCUT2D eigenvalue weighted by atomic mass is 16.4. The Balaban J connectivity index is 5.49. The maximum atomic E-state index is 12.7. The van der Waals surface area contributed by atoms with Gasteiger partial charge in [0, 0.05) is 0 Å². The summed E-state index contributed by atoms with van der Waals surface area (Å²) in [7, 11) is 0. The zero-order valence-electron chi connectivity index (χ0n) is 17.3. The Morgan fingerprint density at radius 3 is 1.78 bits per heavy atom. The normalized spacial score (nSPS) is 14.3. The van der Waals surface area contributed by atoms with E-state index in [2.05, 4.69) is 10.6 Å². The van der Waals surface area contributed by atoms with Gasteiger partial charge in [0.15, 0.2) is 0 Å². The number of nitrogens with two attached hydrogens (primary N) is 3. The average Bonchev–Trinajstić information content (AvgIpc) is 2.70. The second-order valence-electron chi connectivity index (χ2n) is 6.86. The van der Waals surface area contributed by atoms with E-state index in [1.54, 1.807) is 0 Å². The maximum Gasteiger partial charge on any atom is 0.326 e. The number of aliphatic hydroxyl groups excluding tert-OH is 1. The molecule has 0 aromatic carbocycles. The van der Waals surface area contributed by atoms with Gasteiger partial charge in [-0.3, -0.25) is 24.0 Å². The van der Waals surface area contributed by atoms with Crippen LogP contribution in [0.3, 0.4) is 0 Å². The number of unbranched alkanes of at least 4 members (excludes halogenated alkanes) is 1. The highest BCUT2D eigenvalue weighted by Gasteiger charge is 2.31. The number of carbonyl (C=O) groups excluding carboxylic acids is 4. The molecule has 0 aliphatic rings. The van der Waals surface area contributed by atoms with Crippen molar-refractivity contribution in [2.45, 2.75) is 56.3 Å². The third-order valence-corrected chi connectivity index (χ3v) is 4.14. The van der Waals surface area contributed by atoms with E-state index in [0.717, 1.165) is 0 Å². The highest BCUT2D eigenvalue weighted by Crippen LogP contribution is 2.04. The van der Waals surface area contributed by atoms with Crippen LogP contribution >= 0.6 is 0 Å². The van der Waals surface area contributed by atoms with Crippen molar-refractivity contribution >= 4 is 35.6 Å². The number of primary amides is 1. The predicted octanol–water partition coefficient (Wildman–Crippen LogP) is -4.68. The van der Waals surface area contributed by atoms with Crippen LogP contribution in [0.5, 0.6) is 0 Å². The predicted molar refractivity (Wildman–Crippen MR) is 107 cm³/mol. The Morgan fingerprint density at radius 2 is 1.31 bits per heavy atom. The highest BCUT2D eigenvalue weighted by molar-refractivity contribution is 5.96. The van der Waals surface area contributed by atoms with Gasteiger partial charge in [-0.1, -0.05) is 0 Å². The molecule has 0 radical (unpaired) electrons. The van der Waals surface area contributed by atoms with Gasteiger partial charge in [0.2, 0.25) is 23.6 Å². The van der Waals surface area contributed by atoms with Crippen LogP contribution in [0.15, 0.2) is 0 Å². The van der Waals surface area contributed by atoms with Gasteiger partial charge in [-0.2, -0.15) is 0 Å². The first-order valence-corrected chi connectivity index (χ1v) is 9.63. The number of aliphatic carboxylic acids is 2. The standard InChI is InChI=1S/C17H30N6O9/c18-4-2-1-3-9(21-14(28)8(19)7-24)15(29)22-10(5-12(20)25)16(30)23-11(17(31)32)6-13(26)27/h8-11,24H,1-7,18-19H2,(H2,20,25)(H,21,28)(H,22,29)(H,23,30)(H,26,27)(H,31,32). The monoisotopic (exact) mass is 462 g/mol. The molecular weight excluding hydrogens is 432 g/mol. The largest absolute Gasteiger partial charge is 0.481 e. The van der Waals surface area contributed by atoms with Crippen LogP contribution in [0.25, 0.3) is 0 Å². The Kier molecular flexibility index (Phi) is 13.1. The van der Waals surface area contributed by atoms with E-state index in [1.165, 1.54) is 0 Å². The van der Waals surface area contributed by atoms with E-state index in [4.69, 9.17) is 32.5 Å². The van der Waals surface area contributed by atoms with Crippen LogP contribution in [0.1, 0.15) is 32.1 Å². The molecule has 15 heteroatoms. The smallest absolute Gasteiger partial charge is 0.326 e. The quantitative estimate of drug-likeness (QED) is 0.0982. The maximum absolute atomic E-state index is 12.7. The van der Waals surface area contributed by atoms with Crippen molar-refractivity contribution in [3.05, 3.63) is 0 Å². The molecule has 0 aliphatic heterocycles. The van der Waals surface area contributed by atoms with Gasteiger partial charge in [0.1, 0.15) is 24.2 Å². The second kappa shape index (κ2) is 14.7. The first-order chi connectivity index (χ1) is 14.9. The Morgan fingerprint density at radius 1 is 0.781 bits per heavy atom. The minimum absolute atomic E-state index is 0.0780. The molecule has 0 rings (SSSR count). The molecule has 4 unspecified atom stereocenters. The van der Waals surface area contributed by atoms with E-state index in [9.17, 15) is 28.8 Å². The van der Waals surface area contributed by atoms with Gasteiger partial charge in [-0.05, 0) is 25.8 Å². The van der Waals surface area contributed by atoms with Crippen molar-refractivity contribution in [2.75, 3.05) is 13.2 Å². The summed E-state index contributed by atoms with van der Waals surface area (Å²) in [5.74, 6) is -7.08. The molecule has 0 aliphatic carbocycles.